The van der Waals surface area contributed by atoms with Gasteiger partial charge in [-0.05, 0) is 48.5 Å². The van der Waals surface area contributed by atoms with Crippen molar-refractivity contribution in [3.8, 4) is 5.75 Å². The van der Waals surface area contributed by atoms with Crippen molar-refractivity contribution >= 4 is 23.2 Å². The SMILES string of the molecule is O=C(O)Nc1ccc(N=Nc2ccc(OC(F)(F)F)cc2)cc1. The maximum atomic E-state index is 12.0. The van der Waals surface area contributed by atoms with Crippen LogP contribution in [0.15, 0.2) is 58.8 Å². The summed E-state index contributed by atoms with van der Waals surface area (Å²) in [6.45, 7) is 0. The number of hydrogen-bond acceptors (Lipinski definition) is 4. The van der Waals surface area contributed by atoms with Gasteiger partial charge in [0, 0.05) is 5.69 Å². The first kappa shape index (κ1) is 16.3. The minimum absolute atomic E-state index is 0.340. The standard InChI is InChI=1S/C14H10F3N3O3/c15-14(16,17)23-12-7-5-11(6-8-12)20-19-10-3-1-9(2-4-10)18-13(21)22/h1-8,18H,(H,21,22). The third-order valence-electron chi connectivity index (χ3n) is 2.47. The van der Waals surface area contributed by atoms with Crippen molar-refractivity contribution in [2.75, 3.05) is 5.32 Å². The molecule has 0 aromatic heterocycles. The number of rotatable bonds is 4. The zero-order valence-electron chi connectivity index (χ0n) is 11.4. The molecule has 0 saturated heterocycles. The van der Waals surface area contributed by atoms with Crippen molar-refractivity contribution in [1.82, 2.24) is 0 Å². The summed E-state index contributed by atoms with van der Waals surface area (Å²) in [5.74, 6) is -0.347. The van der Waals surface area contributed by atoms with Crippen LogP contribution in [-0.2, 0) is 0 Å². The molecule has 0 heterocycles. The van der Waals surface area contributed by atoms with Gasteiger partial charge in [0.25, 0.3) is 0 Å². The van der Waals surface area contributed by atoms with Gasteiger partial charge in [-0.1, -0.05) is 0 Å². The molecule has 0 fully saturated rings. The maximum Gasteiger partial charge on any atom is 0.573 e. The summed E-state index contributed by atoms with van der Waals surface area (Å²) in [5.41, 5.74) is 1.17. The lowest BCUT2D eigenvalue weighted by Gasteiger charge is -2.08. The maximum absolute atomic E-state index is 12.0. The molecule has 0 bridgehead atoms. The lowest BCUT2D eigenvalue weighted by molar-refractivity contribution is -0.274. The lowest BCUT2D eigenvalue weighted by atomic mass is 10.3. The van der Waals surface area contributed by atoms with Gasteiger partial charge in [-0.25, -0.2) is 4.79 Å². The van der Waals surface area contributed by atoms with E-state index >= 15 is 0 Å². The van der Waals surface area contributed by atoms with Crippen LogP contribution in [0.5, 0.6) is 5.75 Å². The van der Waals surface area contributed by atoms with Gasteiger partial charge >= 0.3 is 12.5 Å². The first-order valence-electron chi connectivity index (χ1n) is 6.19. The van der Waals surface area contributed by atoms with E-state index in [9.17, 15) is 18.0 Å². The fourth-order valence-electron chi connectivity index (χ4n) is 1.56. The van der Waals surface area contributed by atoms with E-state index in [4.69, 9.17) is 5.11 Å². The molecule has 2 aromatic rings. The first-order chi connectivity index (χ1) is 10.8. The van der Waals surface area contributed by atoms with Gasteiger partial charge < -0.3 is 9.84 Å². The van der Waals surface area contributed by atoms with Crippen molar-refractivity contribution in [2.45, 2.75) is 6.36 Å². The van der Waals surface area contributed by atoms with Crippen molar-refractivity contribution in [3.63, 3.8) is 0 Å². The average Bonchev–Trinajstić information content (AvgIpc) is 2.46. The molecule has 0 unspecified atom stereocenters. The van der Waals surface area contributed by atoms with Crippen LogP contribution in [0.3, 0.4) is 0 Å². The van der Waals surface area contributed by atoms with Crippen LogP contribution >= 0.6 is 0 Å². The second kappa shape index (κ2) is 6.77. The predicted molar refractivity (Wildman–Crippen MR) is 75.4 cm³/mol. The van der Waals surface area contributed by atoms with Crippen molar-refractivity contribution in [3.05, 3.63) is 48.5 Å². The first-order valence-corrected chi connectivity index (χ1v) is 6.19. The molecule has 23 heavy (non-hydrogen) atoms. The van der Waals surface area contributed by atoms with E-state index in [1.165, 1.54) is 36.4 Å². The third-order valence-corrected chi connectivity index (χ3v) is 2.47. The number of carbonyl (C=O) groups is 1. The summed E-state index contributed by atoms with van der Waals surface area (Å²) in [6.07, 6.45) is -5.92. The molecular weight excluding hydrogens is 315 g/mol. The lowest BCUT2D eigenvalue weighted by Crippen LogP contribution is -2.16. The number of nitrogens with zero attached hydrogens (tertiary/aromatic N) is 2. The Kier molecular flexibility index (Phi) is 4.79. The second-order valence-corrected chi connectivity index (χ2v) is 4.22. The molecule has 0 aliphatic carbocycles. The molecular formula is C14H10F3N3O3. The smallest absolute Gasteiger partial charge is 0.465 e. The van der Waals surface area contributed by atoms with E-state index in [1.807, 2.05) is 0 Å². The number of halogens is 3. The topological polar surface area (TPSA) is 83.3 Å². The third kappa shape index (κ3) is 5.65. The van der Waals surface area contributed by atoms with E-state index in [0.717, 1.165) is 12.1 Å². The number of hydrogen-bond donors (Lipinski definition) is 2. The van der Waals surface area contributed by atoms with Gasteiger partial charge in [0.1, 0.15) is 5.75 Å². The van der Waals surface area contributed by atoms with Gasteiger partial charge in [-0.2, -0.15) is 10.2 Å². The number of ether oxygens (including phenoxy) is 1. The monoisotopic (exact) mass is 325 g/mol. The van der Waals surface area contributed by atoms with Gasteiger partial charge in [0.15, 0.2) is 0 Å². The Balaban J connectivity index is 2.01. The van der Waals surface area contributed by atoms with Gasteiger partial charge in [-0.15, -0.1) is 13.2 Å². The quantitative estimate of drug-likeness (QED) is 0.768. The normalized spacial score (nSPS) is 11.4. The Hall–Kier alpha value is -3.10. The van der Waals surface area contributed by atoms with E-state index < -0.39 is 12.5 Å². The Labute approximate surface area is 128 Å². The zero-order chi connectivity index (χ0) is 16.9. The van der Waals surface area contributed by atoms with Crippen LogP contribution < -0.4 is 10.1 Å². The molecule has 0 aliphatic heterocycles. The minimum atomic E-state index is -4.74. The van der Waals surface area contributed by atoms with Crippen molar-refractivity contribution in [1.29, 1.82) is 0 Å². The van der Waals surface area contributed by atoms with Crippen molar-refractivity contribution in [2.24, 2.45) is 10.2 Å². The Morgan fingerprint density at radius 2 is 1.43 bits per heavy atom. The highest BCUT2D eigenvalue weighted by Crippen LogP contribution is 2.26. The minimum Gasteiger partial charge on any atom is -0.465 e. The Morgan fingerprint density at radius 1 is 0.957 bits per heavy atom. The van der Waals surface area contributed by atoms with Crippen LogP contribution in [0.1, 0.15) is 0 Å². The second-order valence-electron chi connectivity index (χ2n) is 4.22. The number of benzene rings is 2. The summed E-state index contributed by atoms with van der Waals surface area (Å²) >= 11 is 0. The van der Waals surface area contributed by atoms with Gasteiger partial charge in [0.05, 0.1) is 11.4 Å². The molecule has 0 radical (unpaired) electrons. The van der Waals surface area contributed by atoms with Crippen LogP contribution in [0, 0.1) is 0 Å². The number of amides is 1. The van der Waals surface area contributed by atoms with Crippen molar-refractivity contribution < 1.29 is 27.8 Å². The molecule has 2 aromatic carbocycles. The number of carboxylic acid groups (broad SMARTS) is 1. The molecule has 9 heteroatoms. The number of nitrogens with one attached hydrogen (secondary N) is 1. The molecule has 120 valence electrons. The molecule has 0 atom stereocenters. The number of anilines is 1. The predicted octanol–water partition coefficient (Wildman–Crippen LogP) is 5.09. The zero-order valence-corrected chi connectivity index (χ0v) is 11.4. The Bertz CT molecular complexity index is 698. The van der Waals surface area contributed by atoms with Crippen LogP contribution in [0.25, 0.3) is 0 Å². The fraction of sp³-hybridized carbons (Fsp3) is 0.0714. The van der Waals surface area contributed by atoms with Gasteiger partial charge in [0.2, 0.25) is 0 Å². The highest BCUT2D eigenvalue weighted by atomic mass is 19.4. The number of azo groups is 1. The molecule has 0 aliphatic rings. The molecule has 0 spiro atoms. The van der Waals surface area contributed by atoms with Crippen LogP contribution in [0.4, 0.5) is 35.0 Å². The van der Waals surface area contributed by atoms with Crippen LogP contribution in [-0.4, -0.2) is 17.6 Å². The summed E-state index contributed by atoms with van der Waals surface area (Å²) in [6, 6.07) is 11.0. The highest BCUT2D eigenvalue weighted by Gasteiger charge is 2.30. The molecule has 2 rings (SSSR count). The summed E-state index contributed by atoms with van der Waals surface area (Å²) in [7, 11) is 0. The Morgan fingerprint density at radius 3 is 1.87 bits per heavy atom. The van der Waals surface area contributed by atoms with E-state index in [1.54, 1.807) is 0 Å². The summed E-state index contributed by atoms with van der Waals surface area (Å²) in [5, 5.41) is 18.5. The average molecular weight is 325 g/mol. The highest BCUT2D eigenvalue weighted by molar-refractivity contribution is 5.82. The van der Waals surface area contributed by atoms with E-state index in [-0.39, 0.29) is 5.75 Å². The number of alkyl halides is 3. The molecule has 2 N–H and O–H groups in total. The fourth-order valence-corrected chi connectivity index (χ4v) is 1.56. The summed E-state index contributed by atoms with van der Waals surface area (Å²) in [4.78, 5) is 10.4. The largest absolute Gasteiger partial charge is 0.573 e. The van der Waals surface area contributed by atoms with E-state index in [2.05, 4.69) is 20.3 Å². The van der Waals surface area contributed by atoms with Crippen LogP contribution in [0.2, 0.25) is 0 Å². The van der Waals surface area contributed by atoms with E-state index in [0.29, 0.717) is 17.1 Å². The molecule has 6 nitrogen and oxygen atoms in total. The molecule has 1 amide bonds. The molecule has 0 saturated carbocycles. The van der Waals surface area contributed by atoms with Gasteiger partial charge in [-0.3, -0.25) is 5.32 Å². The summed E-state index contributed by atoms with van der Waals surface area (Å²) < 4.78 is 39.8.